The van der Waals surface area contributed by atoms with E-state index in [2.05, 4.69) is 0 Å². The molecule has 0 aliphatic carbocycles. The average molecular weight is 785 g/mol. The fraction of sp³-hybridized carbons (Fsp3) is 0.176. The van der Waals surface area contributed by atoms with Crippen LogP contribution >= 0.6 is 0 Å². The van der Waals surface area contributed by atoms with Crippen molar-refractivity contribution in [1.82, 2.24) is 0 Å². The second-order valence-electron chi connectivity index (χ2n) is 12.3. The largest absolute Gasteiger partial charge is 0.504 e. The Kier molecular flexibility index (Phi) is 8.31. The number of cyclic esters (lactones) is 1. The van der Waals surface area contributed by atoms with Crippen LogP contribution < -0.4 is 0 Å². The first-order valence-corrected chi connectivity index (χ1v) is 15.6. The van der Waals surface area contributed by atoms with Crippen LogP contribution in [0.5, 0.6) is 69.0 Å². The Hall–Kier alpha value is -7.72. The zero-order chi connectivity index (χ0) is 40.8. The van der Waals surface area contributed by atoms with Crippen LogP contribution in [0.25, 0.3) is 22.3 Å². The van der Waals surface area contributed by atoms with Gasteiger partial charge < -0.3 is 90.1 Å². The van der Waals surface area contributed by atoms with Gasteiger partial charge in [0, 0.05) is 22.3 Å². The van der Waals surface area contributed by atoms with Crippen LogP contribution in [-0.2, 0) is 23.7 Å². The monoisotopic (exact) mass is 784 g/mol. The van der Waals surface area contributed by atoms with Gasteiger partial charge in [-0.05, 0) is 24.3 Å². The van der Waals surface area contributed by atoms with Gasteiger partial charge in [-0.3, -0.25) is 0 Å². The minimum Gasteiger partial charge on any atom is -0.504 e. The van der Waals surface area contributed by atoms with Gasteiger partial charge in [-0.1, -0.05) is 0 Å². The lowest BCUT2D eigenvalue weighted by Crippen LogP contribution is -2.62. The van der Waals surface area contributed by atoms with Gasteiger partial charge in [0.15, 0.2) is 70.6 Å². The standard InChI is InChI=1S/C34H24O22/c35-11-2-7-15(23(43)20(11)40)6-1-10(19(39)26(46)18(6)38)30(47)52-5-14-27(54-31(7)48)28-29(34(51)53-14)56-33(50)9-4-13(37)22(42)25(45)17(9)16-8(32(49)55-28)3-12(36)21(41)24(16)44/h1-4,14,27-29,34-46,51H,5H2/t14-,27-,28+,29-,34-/m1/s1. The molecule has 22 heteroatoms. The van der Waals surface area contributed by atoms with Gasteiger partial charge in [0.05, 0.1) is 16.7 Å². The quantitative estimate of drug-likeness (QED) is 0.0661. The number of aromatic hydroxyl groups is 12. The lowest BCUT2D eigenvalue weighted by Gasteiger charge is -2.43. The minimum atomic E-state index is -2.42. The van der Waals surface area contributed by atoms with Gasteiger partial charge in [-0.2, -0.15) is 0 Å². The lowest BCUT2D eigenvalue weighted by atomic mass is 9.91. The van der Waals surface area contributed by atoms with Crippen LogP contribution in [0.15, 0.2) is 24.3 Å². The van der Waals surface area contributed by atoms with Gasteiger partial charge in [0.1, 0.15) is 18.3 Å². The highest BCUT2D eigenvalue weighted by Crippen LogP contribution is 2.54. The Balaban J connectivity index is 1.44. The van der Waals surface area contributed by atoms with Crippen LogP contribution in [0.1, 0.15) is 41.4 Å². The summed E-state index contributed by atoms with van der Waals surface area (Å²) in [5.41, 5.74) is -7.58. The van der Waals surface area contributed by atoms with E-state index in [9.17, 15) is 85.6 Å². The van der Waals surface area contributed by atoms with Gasteiger partial charge in [-0.15, -0.1) is 0 Å². The maximum Gasteiger partial charge on any atom is 0.342 e. The number of phenols is 12. The summed E-state index contributed by atoms with van der Waals surface area (Å²) < 4.78 is 27.1. The van der Waals surface area contributed by atoms with Crippen molar-refractivity contribution in [1.29, 1.82) is 0 Å². The SMILES string of the molecule is O=C1OC[C@H]2O[C@@H](O)[C@@H]3OC(=O)c4cc(O)c(O)c(O)c4-c4c(cc(O)c(O)c4O)C(=O)O[C@H]3[C@@H]2OC(=O)c2cc(O)c(O)c(O)c2-c2cc1c(O)c(O)c2O. The first kappa shape index (κ1) is 36.6. The highest BCUT2D eigenvalue weighted by atomic mass is 16.7. The number of carbonyl (C=O) groups excluding carboxylic acids is 4. The van der Waals surface area contributed by atoms with Crippen molar-refractivity contribution >= 4 is 23.9 Å². The molecule has 0 aromatic heterocycles. The van der Waals surface area contributed by atoms with Crippen molar-refractivity contribution in [2.45, 2.75) is 30.7 Å². The summed E-state index contributed by atoms with van der Waals surface area (Å²) in [6, 6.07) is 2.07. The second kappa shape index (κ2) is 12.7. The van der Waals surface area contributed by atoms with E-state index in [4.69, 9.17) is 23.7 Å². The highest BCUT2D eigenvalue weighted by Gasteiger charge is 2.54. The van der Waals surface area contributed by atoms with Crippen LogP contribution in [-0.4, -0.2) is 128 Å². The number of rotatable bonds is 0. The van der Waals surface area contributed by atoms with Crippen molar-refractivity contribution in [3.05, 3.63) is 46.5 Å². The van der Waals surface area contributed by atoms with E-state index in [1.165, 1.54) is 0 Å². The zero-order valence-corrected chi connectivity index (χ0v) is 27.4. The molecule has 0 amide bonds. The Labute approximate surface area is 308 Å². The molecule has 56 heavy (non-hydrogen) atoms. The number of hydrogen-bond acceptors (Lipinski definition) is 22. The van der Waals surface area contributed by atoms with E-state index in [0.29, 0.717) is 24.3 Å². The molecule has 0 unspecified atom stereocenters. The molecule has 5 atom stereocenters. The van der Waals surface area contributed by atoms with E-state index in [1.54, 1.807) is 0 Å². The third-order valence-electron chi connectivity index (χ3n) is 9.13. The van der Waals surface area contributed by atoms with Crippen LogP contribution in [0.4, 0.5) is 0 Å². The molecular weight excluding hydrogens is 760 g/mol. The van der Waals surface area contributed by atoms with Gasteiger partial charge >= 0.3 is 23.9 Å². The van der Waals surface area contributed by atoms with E-state index >= 15 is 0 Å². The average Bonchev–Trinajstić information content (AvgIpc) is 3.15. The minimum absolute atomic E-state index is 0.472. The number of carbonyl (C=O) groups is 4. The molecule has 4 aromatic rings. The van der Waals surface area contributed by atoms with Crippen molar-refractivity contribution < 1.29 is 109 Å². The molecule has 2 bridgehead atoms. The molecule has 0 radical (unpaired) electrons. The number of aliphatic hydroxyl groups is 1. The Morgan fingerprint density at radius 2 is 0.821 bits per heavy atom. The van der Waals surface area contributed by atoms with Gasteiger partial charge in [0.2, 0.25) is 23.0 Å². The number of benzene rings is 4. The molecule has 0 saturated carbocycles. The van der Waals surface area contributed by atoms with Gasteiger partial charge in [0.25, 0.3) is 0 Å². The second-order valence-corrected chi connectivity index (χ2v) is 12.3. The molecule has 22 nitrogen and oxygen atoms in total. The summed E-state index contributed by atoms with van der Waals surface area (Å²) in [6.45, 7) is -1.09. The van der Waals surface area contributed by atoms with Crippen LogP contribution in [0.3, 0.4) is 0 Å². The number of hydrogen-bond donors (Lipinski definition) is 13. The molecule has 0 spiro atoms. The third kappa shape index (κ3) is 5.34. The first-order valence-electron chi connectivity index (χ1n) is 15.6. The number of phenolic OH excluding ortho intramolecular Hbond substituents is 12. The predicted octanol–water partition coefficient (Wildman–Crippen LogP) is 0.665. The van der Waals surface area contributed by atoms with E-state index < -0.39 is 175 Å². The van der Waals surface area contributed by atoms with Crippen molar-refractivity contribution in [2.75, 3.05) is 6.61 Å². The van der Waals surface area contributed by atoms with E-state index in [-0.39, 0.29) is 0 Å². The van der Waals surface area contributed by atoms with Gasteiger partial charge in [-0.25, -0.2) is 19.2 Å². The molecule has 1 saturated heterocycles. The van der Waals surface area contributed by atoms with Crippen molar-refractivity contribution in [3.63, 3.8) is 0 Å². The Morgan fingerprint density at radius 3 is 1.32 bits per heavy atom. The summed E-state index contributed by atoms with van der Waals surface area (Å²) in [4.78, 5) is 55.1. The normalized spacial score (nSPS) is 21.8. The van der Waals surface area contributed by atoms with Crippen molar-refractivity contribution in [2.24, 2.45) is 0 Å². The smallest absolute Gasteiger partial charge is 0.342 e. The molecular formula is C34H24O22. The zero-order valence-electron chi connectivity index (χ0n) is 27.4. The molecule has 13 N–H and O–H groups in total. The van der Waals surface area contributed by atoms with Crippen molar-refractivity contribution in [3.8, 4) is 91.2 Å². The van der Waals surface area contributed by atoms with Crippen LogP contribution in [0, 0.1) is 0 Å². The number of aliphatic hydroxyl groups excluding tert-OH is 1. The topological polar surface area (TPSA) is 377 Å². The number of ether oxygens (including phenoxy) is 5. The summed E-state index contributed by atoms with van der Waals surface area (Å²) >= 11 is 0. The predicted molar refractivity (Wildman–Crippen MR) is 173 cm³/mol. The van der Waals surface area contributed by atoms with E-state index in [0.717, 1.165) is 0 Å². The summed E-state index contributed by atoms with van der Waals surface area (Å²) in [5, 5.41) is 137. The third-order valence-corrected chi connectivity index (χ3v) is 9.13. The molecule has 4 aromatic carbocycles. The molecule has 1 fully saturated rings. The first-order chi connectivity index (χ1) is 26.3. The molecule has 3 aliphatic heterocycles. The maximum absolute atomic E-state index is 14.0. The summed E-state index contributed by atoms with van der Waals surface area (Å²) in [7, 11) is 0. The molecule has 292 valence electrons. The van der Waals surface area contributed by atoms with E-state index in [1.807, 2.05) is 0 Å². The lowest BCUT2D eigenvalue weighted by molar-refractivity contribution is -0.284. The fourth-order valence-corrected chi connectivity index (χ4v) is 6.42. The maximum atomic E-state index is 14.0. The summed E-state index contributed by atoms with van der Waals surface area (Å²) in [6.07, 6.45) is -11.2. The molecule has 7 rings (SSSR count). The number of esters is 4. The molecule has 3 heterocycles. The number of fused-ring (bicyclic) bond motifs is 10. The Morgan fingerprint density at radius 1 is 0.411 bits per heavy atom. The fourth-order valence-electron chi connectivity index (χ4n) is 6.42. The molecule has 3 aliphatic rings. The Bertz CT molecular complexity index is 2440. The van der Waals surface area contributed by atoms with Crippen LogP contribution in [0.2, 0.25) is 0 Å². The highest BCUT2D eigenvalue weighted by molar-refractivity contribution is 6.09. The summed E-state index contributed by atoms with van der Waals surface area (Å²) in [5.74, 6) is -22.0.